The highest BCUT2D eigenvalue weighted by atomic mass is 19.4. The Hall–Kier alpha value is -3.22. The summed E-state index contributed by atoms with van der Waals surface area (Å²) in [4.78, 5) is 13.8. The van der Waals surface area contributed by atoms with Crippen molar-refractivity contribution in [3.05, 3.63) is 66.5 Å². The van der Waals surface area contributed by atoms with Crippen molar-refractivity contribution >= 4 is 12.0 Å². The van der Waals surface area contributed by atoms with Gasteiger partial charge in [-0.1, -0.05) is 38.1 Å². The summed E-state index contributed by atoms with van der Waals surface area (Å²) in [6.45, 7) is 6.47. The fraction of sp³-hybridized carbons (Fsp3) is 0.292. The minimum atomic E-state index is -4.75. The number of unbranched alkanes of at least 4 members (excludes halogenated alkanes) is 1. The molecule has 0 saturated carbocycles. The molecule has 0 spiro atoms. The van der Waals surface area contributed by atoms with Crippen LogP contribution in [0, 0.1) is 0 Å². The molecule has 7 heteroatoms. The third-order valence-electron chi connectivity index (χ3n) is 4.90. The van der Waals surface area contributed by atoms with Gasteiger partial charge in [-0.2, -0.15) is 0 Å². The molecule has 0 bridgehead atoms. The van der Waals surface area contributed by atoms with E-state index in [-0.39, 0.29) is 5.75 Å². The van der Waals surface area contributed by atoms with Crippen LogP contribution in [0.4, 0.5) is 18.9 Å². The summed E-state index contributed by atoms with van der Waals surface area (Å²) >= 11 is 0. The number of hydrogen-bond acceptors (Lipinski definition) is 4. The van der Waals surface area contributed by atoms with Gasteiger partial charge in [0.25, 0.3) is 0 Å². The van der Waals surface area contributed by atoms with E-state index < -0.39 is 6.36 Å². The Morgan fingerprint density at radius 2 is 2.00 bits per heavy atom. The molecule has 1 aliphatic heterocycles. The number of alkyl halides is 3. The lowest BCUT2D eigenvalue weighted by Crippen LogP contribution is -2.18. The Morgan fingerprint density at radius 3 is 2.61 bits per heavy atom. The van der Waals surface area contributed by atoms with Crippen LogP contribution in [0.5, 0.6) is 11.5 Å². The number of allylic oxidation sites excluding steroid dienone is 1. The van der Waals surface area contributed by atoms with E-state index in [1.807, 2.05) is 17.2 Å². The number of anilines is 1. The number of fused-ring (bicyclic) bond motifs is 1. The van der Waals surface area contributed by atoms with E-state index in [2.05, 4.69) is 18.2 Å². The van der Waals surface area contributed by atoms with E-state index in [9.17, 15) is 18.0 Å². The first kappa shape index (κ1) is 22.5. The van der Waals surface area contributed by atoms with E-state index in [1.165, 1.54) is 24.3 Å². The maximum Gasteiger partial charge on any atom is 0.573 e. The van der Waals surface area contributed by atoms with Gasteiger partial charge in [0.1, 0.15) is 11.5 Å². The Balaban J connectivity index is 2.09. The fourth-order valence-electron chi connectivity index (χ4n) is 3.58. The second-order valence-corrected chi connectivity index (χ2v) is 7.07. The highest BCUT2D eigenvalue weighted by Crippen LogP contribution is 2.44. The van der Waals surface area contributed by atoms with Crippen molar-refractivity contribution < 1.29 is 27.4 Å². The predicted octanol–water partition coefficient (Wildman–Crippen LogP) is 6.65. The zero-order chi connectivity index (χ0) is 22.4. The molecule has 164 valence electrons. The highest BCUT2D eigenvalue weighted by molar-refractivity contribution is 5.93. The third kappa shape index (κ3) is 5.29. The molecule has 1 aliphatic rings. The molecule has 0 saturated heterocycles. The average Bonchev–Trinajstić information content (AvgIpc) is 2.75. The Kier molecular flexibility index (Phi) is 7.05. The topological polar surface area (TPSA) is 38.8 Å². The first-order valence-electron chi connectivity index (χ1n) is 10.1. The van der Waals surface area contributed by atoms with Gasteiger partial charge in [-0.05, 0) is 43.0 Å². The molecule has 3 rings (SSSR count). The van der Waals surface area contributed by atoms with Gasteiger partial charge >= 0.3 is 6.36 Å². The first-order valence-corrected chi connectivity index (χ1v) is 10.1. The number of ether oxygens (including phenoxy) is 2. The smallest absolute Gasteiger partial charge is 0.493 e. The van der Waals surface area contributed by atoms with Crippen LogP contribution in [-0.2, 0) is 6.42 Å². The van der Waals surface area contributed by atoms with E-state index in [1.54, 1.807) is 12.3 Å². The summed E-state index contributed by atoms with van der Waals surface area (Å²) in [5.41, 5.74) is 3.33. The van der Waals surface area contributed by atoms with Gasteiger partial charge in [0, 0.05) is 29.1 Å². The van der Waals surface area contributed by atoms with Crippen LogP contribution in [0.3, 0.4) is 0 Å². The molecule has 0 unspecified atom stereocenters. The van der Waals surface area contributed by atoms with Crippen molar-refractivity contribution in [3.8, 4) is 22.6 Å². The van der Waals surface area contributed by atoms with Crippen molar-refractivity contribution in [2.45, 2.75) is 39.0 Å². The van der Waals surface area contributed by atoms with Gasteiger partial charge in [0.05, 0.1) is 12.3 Å². The Bertz CT molecular complexity index is 966. The molecule has 2 aromatic carbocycles. The molecule has 2 aromatic rings. The van der Waals surface area contributed by atoms with Gasteiger partial charge in [-0.25, -0.2) is 0 Å². The van der Waals surface area contributed by atoms with Gasteiger partial charge in [-0.3, -0.25) is 4.79 Å². The van der Waals surface area contributed by atoms with Crippen molar-refractivity contribution in [2.24, 2.45) is 0 Å². The molecule has 0 fully saturated rings. The monoisotopic (exact) mass is 431 g/mol. The molecule has 0 aliphatic carbocycles. The van der Waals surface area contributed by atoms with E-state index in [4.69, 9.17) is 4.74 Å². The van der Waals surface area contributed by atoms with Crippen LogP contribution in [0.1, 0.15) is 42.1 Å². The van der Waals surface area contributed by atoms with E-state index in [0.29, 0.717) is 41.2 Å². The molecule has 0 aromatic heterocycles. The second-order valence-electron chi connectivity index (χ2n) is 7.07. The van der Waals surface area contributed by atoms with Crippen LogP contribution in [0.25, 0.3) is 11.1 Å². The lowest BCUT2D eigenvalue weighted by atomic mass is 9.92. The summed E-state index contributed by atoms with van der Waals surface area (Å²) in [7, 11) is 0. The molecule has 4 nitrogen and oxygen atoms in total. The molecule has 0 amide bonds. The fourth-order valence-corrected chi connectivity index (χ4v) is 3.58. The lowest BCUT2D eigenvalue weighted by molar-refractivity contribution is -0.274. The van der Waals surface area contributed by atoms with Gasteiger partial charge in [0.2, 0.25) is 0 Å². The van der Waals surface area contributed by atoms with Crippen molar-refractivity contribution in [2.75, 3.05) is 11.5 Å². The zero-order valence-corrected chi connectivity index (χ0v) is 17.2. The summed E-state index contributed by atoms with van der Waals surface area (Å²) in [6.07, 6.45) is 4.96. The molecular weight excluding hydrogens is 407 g/mol. The van der Waals surface area contributed by atoms with Gasteiger partial charge in [-0.15, -0.1) is 13.2 Å². The Labute approximate surface area is 179 Å². The normalized spacial score (nSPS) is 13.4. The average molecular weight is 431 g/mol. The lowest BCUT2D eigenvalue weighted by Gasteiger charge is -2.28. The van der Waals surface area contributed by atoms with Gasteiger partial charge < -0.3 is 14.4 Å². The molecule has 0 radical (unpaired) electrons. The molecule has 1 heterocycles. The third-order valence-corrected chi connectivity index (χ3v) is 4.90. The van der Waals surface area contributed by atoms with Crippen molar-refractivity contribution in [1.82, 2.24) is 0 Å². The summed E-state index contributed by atoms with van der Waals surface area (Å²) in [5, 5.41) is 0. The van der Waals surface area contributed by atoms with E-state index >= 15 is 0 Å². The number of nitrogens with zero attached hydrogens (tertiary/aromatic N) is 1. The van der Waals surface area contributed by atoms with Crippen LogP contribution in [-0.4, -0.2) is 19.3 Å². The van der Waals surface area contributed by atoms with Crippen LogP contribution < -0.4 is 14.4 Å². The summed E-state index contributed by atoms with van der Waals surface area (Å²) < 4.78 is 47.3. The summed E-state index contributed by atoms with van der Waals surface area (Å²) in [5.74, 6) is 0.323. The van der Waals surface area contributed by atoms with Crippen molar-refractivity contribution in [1.29, 1.82) is 0 Å². The second kappa shape index (κ2) is 9.73. The van der Waals surface area contributed by atoms with E-state index in [0.717, 1.165) is 31.1 Å². The first-order chi connectivity index (χ1) is 14.9. The number of halogens is 3. The number of carbonyl (C=O) groups excluding carboxylic acids is 1. The number of carbonyl (C=O) groups is 1. The maximum atomic E-state index is 12.5. The highest BCUT2D eigenvalue weighted by Gasteiger charge is 2.31. The number of aldehydes is 1. The standard InChI is InChI=1S/C24H24F3NO3/c1-3-5-6-13-28(4-2)22-18(16-29)15-21(23-20(22)8-7-14-30-23)17-9-11-19(12-10-17)31-24(25,26)27/h4,6,9-13,15-16H,2-3,5,7-8,14H2,1H3/b13-6-. The maximum absolute atomic E-state index is 12.5. The van der Waals surface area contributed by atoms with Crippen LogP contribution in [0.15, 0.2) is 55.4 Å². The van der Waals surface area contributed by atoms with Gasteiger partial charge in [0.15, 0.2) is 6.29 Å². The molecule has 0 N–H and O–H groups in total. The minimum Gasteiger partial charge on any atom is -0.493 e. The molecule has 0 atom stereocenters. The number of rotatable bonds is 8. The summed E-state index contributed by atoms with van der Waals surface area (Å²) in [6, 6.07) is 7.24. The largest absolute Gasteiger partial charge is 0.573 e. The van der Waals surface area contributed by atoms with Crippen molar-refractivity contribution in [3.63, 3.8) is 0 Å². The minimum absolute atomic E-state index is 0.308. The molecular formula is C24H24F3NO3. The number of benzene rings is 2. The van der Waals surface area contributed by atoms with Crippen LogP contribution >= 0.6 is 0 Å². The predicted molar refractivity (Wildman–Crippen MR) is 114 cm³/mol. The quantitative estimate of drug-likeness (QED) is 0.439. The SMILES string of the molecule is C=CN(/C=C\CCC)c1c(C=O)cc(-c2ccc(OC(F)(F)F)cc2)c2c1CCCO2. The Morgan fingerprint density at radius 1 is 1.26 bits per heavy atom. The molecule has 31 heavy (non-hydrogen) atoms. The van der Waals surface area contributed by atoms with Crippen LogP contribution in [0.2, 0.25) is 0 Å². The zero-order valence-electron chi connectivity index (χ0n) is 17.2. The number of hydrogen-bond donors (Lipinski definition) is 0.